The van der Waals surface area contributed by atoms with Crippen LogP contribution in [0, 0.1) is 10.1 Å². The summed E-state index contributed by atoms with van der Waals surface area (Å²) in [5.41, 5.74) is 1.15. The second-order valence-electron chi connectivity index (χ2n) is 8.45. The van der Waals surface area contributed by atoms with Crippen molar-refractivity contribution in [2.24, 2.45) is 0 Å². The first-order valence-electron chi connectivity index (χ1n) is 11.0. The number of nitro groups is 1. The van der Waals surface area contributed by atoms with E-state index in [0.717, 1.165) is 77.1 Å². The van der Waals surface area contributed by atoms with Crippen LogP contribution in [0.5, 0.6) is 0 Å². The number of non-ortho nitro benzene ring substituents is 1. The smallest absolute Gasteiger partial charge is 0.327 e. The van der Waals surface area contributed by atoms with E-state index < -0.39 is 0 Å². The van der Waals surface area contributed by atoms with Crippen LogP contribution in [0.15, 0.2) is 24.3 Å². The number of urea groups is 1. The fraction of sp³-hybridized carbons (Fsp3) is 0.619. The molecule has 0 unspecified atom stereocenters. The maximum Gasteiger partial charge on any atom is 0.327 e. The number of hydrogen-bond donors (Lipinski definition) is 1. The van der Waals surface area contributed by atoms with Crippen LogP contribution in [0.2, 0.25) is 0 Å². The molecule has 4 rings (SSSR count). The van der Waals surface area contributed by atoms with E-state index in [0.29, 0.717) is 6.54 Å². The van der Waals surface area contributed by atoms with Gasteiger partial charge in [-0.1, -0.05) is 0 Å². The van der Waals surface area contributed by atoms with Crippen molar-refractivity contribution in [1.29, 1.82) is 0 Å². The monoisotopic (exact) mass is 416 g/mol. The Labute approximate surface area is 176 Å². The van der Waals surface area contributed by atoms with Gasteiger partial charge in [-0.2, -0.15) is 0 Å². The molecule has 3 aliphatic rings. The van der Waals surface area contributed by atoms with Crippen LogP contribution in [-0.2, 0) is 4.79 Å². The van der Waals surface area contributed by atoms with Crippen molar-refractivity contribution in [3.05, 3.63) is 34.4 Å². The minimum atomic E-state index is -0.375. The molecule has 3 amide bonds. The summed E-state index contributed by atoms with van der Waals surface area (Å²) in [4.78, 5) is 42.4. The number of nitrogens with zero attached hydrogens (tertiary/aromatic N) is 4. The molecule has 3 fully saturated rings. The fourth-order valence-electron chi connectivity index (χ4n) is 4.81. The summed E-state index contributed by atoms with van der Waals surface area (Å²) >= 11 is 0. The minimum Gasteiger partial charge on any atom is -0.360 e. The molecule has 1 N–H and O–H groups in total. The Hall–Kier alpha value is -2.68. The molecule has 0 aliphatic carbocycles. The SMILES string of the molecule is O=C1[C@@H]2CCCCN2C(=O)N1CCCC[NH+]1CCN(c2ccc([N+](=O)[O-])cc2)CC1. The highest BCUT2D eigenvalue weighted by Gasteiger charge is 2.45. The summed E-state index contributed by atoms with van der Waals surface area (Å²) in [7, 11) is 0. The van der Waals surface area contributed by atoms with Gasteiger partial charge in [0.05, 0.1) is 37.6 Å². The Kier molecular flexibility index (Phi) is 6.17. The summed E-state index contributed by atoms with van der Waals surface area (Å²) in [6.45, 7) is 6.18. The highest BCUT2D eigenvalue weighted by atomic mass is 16.6. The van der Waals surface area contributed by atoms with Gasteiger partial charge in [-0.3, -0.25) is 19.8 Å². The van der Waals surface area contributed by atoms with Gasteiger partial charge < -0.3 is 14.7 Å². The van der Waals surface area contributed by atoms with E-state index in [2.05, 4.69) is 4.90 Å². The molecule has 162 valence electrons. The Morgan fingerprint density at radius 3 is 2.43 bits per heavy atom. The maximum atomic E-state index is 12.5. The van der Waals surface area contributed by atoms with Crippen LogP contribution >= 0.6 is 0 Å². The number of fused-ring (bicyclic) bond motifs is 1. The Morgan fingerprint density at radius 1 is 1.03 bits per heavy atom. The number of quaternary nitrogens is 1. The normalized spacial score (nSPS) is 22.5. The molecule has 30 heavy (non-hydrogen) atoms. The highest BCUT2D eigenvalue weighted by Crippen LogP contribution is 2.26. The van der Waals surface area contributed by atoms with E-state index in [4.69, 9.17) is 0 Å². The maximum absolute atomic E-state index is 12.5. The van der Waals surface area contributed by atoms with Crippen LogP contribution in [0.25, 0.3) is 0 Å². The molecule has 0 spiro atoms. The largest absolute Gasteiger partial charge is 0.360 e. The fourth-order valence-corrected chi connectivity index (χ4v) is 4.81. The van der Waals surface area contributed by atoms with Gasteiger partial charge in [-0.15, -0.1) is 0 Å². The zero-order valence-corrected chi connectivity index (χ0v) is 17.3. The third-order valence-corrected chi connectivity index (χ3v) is 6.59. The number of piperazine rings is 1. The first kappa shape index (κ1) is 20.6. The van der Waals surface area contributed by atoms with Gasteiger partial charge in [0, 0.05) is 30.9 Å². The van der Waals surface area contributed by atoms with Gasteiger partial charge >= 0.3 is 6.03 Å². The van der Waals surface area contributed by atoms with Crippen LogP contribution in [0.3, 0.4) is 0 Å². The number of benzene rings is 1. The molecule has 3 aliphatic heterocycles. The van der Waals surface area contributed by atoms with E-state index in [-0.39, 0.29) is 28.6 Å². The Bertz CT molecular complexity index is 767. The zero-order valence-electron chi connectivity index (χ0n) is 17.3. The van der Waals surface area contributed by atoms with Crippen LogP contribution < -0.4 is 9.80 Å². The average Bonchev–Trinajstić information content (AvgIpc) is 3.02. The number of piperidine rings is 1. The number of carbonyl (C=O) groups is 2. The van der Waals surface area contributed by atoms with Crippen molar-refractivity contribution in [1.82, 2.24) is 9.80 Å². The third kappa shape index (κ3) is 4.26. The lowest BCUT2D eigenvalue weighted by atomic mass is 10.0. The summed E-state index contributed by atoms with van der Waals surface area (Å²) in [5, 5.41) is 10.8. The van der Waals surface area contributed by atoms with Gasteiger partial charge in [-0.25, -0.2) is 4.79 Å². The predicted octanol–water partition coefficient (Wildman–Crippen LogP) is 0.897. The standard InChI is InChI=1S/C21H29N5O4/c27-20-19-5-1-2-11-24(19)21(28)25(20)12-4-3-10-22-13-15-23(16-14-22)17-6-8-18(9-7-17)26(29)30/h6-9,19H,1-5,10-16H2/p+1/t19-/m0/s1. The van der Waals surface area contributed by atoms with Crippen LogP contribution in [0.1, 0.15) is 32.1 Å². The highest BCUT2D eigenvalue weighted by molar-refractivity contribution is 6.04. The number of nitro benzene ring substituents is 1. The second kappa shape index (κ2) is 8.99. The van der Waals surface area contributed by atoms with Gasteiger partial charge in [0.25, 0.3) is 11.6 Å². The van der Waals surface area contributed by atoms with E-state index in [1.54, 1.807) is 17.0 Å². The van der Waals surface area contributed by atoms with Gasteiger partial charge in [0.1, 0.15) is 6.04 Å². The van der Waals surface area contributed by atoms with Crippen molar-refractivity contribution < 1.29 is 19.4 Å². The lowest BCUT2D eigenvalue weighted by molar-refractivity contribution is -0.900. The molecule has 0 bridgehead atoms. The van der Waals surface area contributed by atoms with Crippen molar-refractivity contribution >= 4 is 23.3 Å². The number of amides is 3. The van der Waals surface area contributed by atoms with Crippen molar-refractivity contribution in [2.45, 2.75) is 38.1 Å². The Balaban J connectivity index is 1.17. The molecule has 0 aromatic heterocycles. The second-order valence-corrected chi connectivity index (χ2v) is 8.45. The van der Waals surface area contributed by atoms with Gasteiger partial charge in [0.2, 0.25) is 0 Å². The summed E-state index contributed by atoms with van der Waals surface area (Å²) in [6, 6.07) is 6.46. The minimum absolute atomic E-state index is 0.00348. The molecular formula is C21H30N5O4+. The molecule has 0 saturated carbocycles. The number of anilines is 1. The lowest BCUT2D eigenvalue weighted by Gasteiger charge is -2.33. The molecule has 3 saturated heterocycles. The van der Waals surface area contributed by atoms with Crippen molar-refractivity contribution in [2.75, 3.05) is 50.7 Å². The predicted molar refractivity (Wildman–Crippen MR) is 112 cm³/mol. The van der Waals surface area contributed by atoms with Gasteiger partial charge in [0.15, 0.2) is 0 Å². The quantitative estimate of drug-likeness (QED) is 0.309. The average molecular weight is 417 g/mol. The lowest BCUT2D eigenvalue weighted by Crippen LogP contribution is -3.14. The van der Waals surface area contributed by atoms with Crippen molar-refractivity contribution in [3.63, 3.8) is 0 Å². The first-order chi connectivity index (χ1) is 14.5. The van der Waals surface area contributed by atoms with Crippen molar-refractivity contribution in [3.8, 4) is 0 Å². The molecule has 1 aromatic carbocycles. The number of imide groups is 1. The molecule has 0 radical (unpaired) electrons. The zero-order chi connectivity index (χ0) is 21.1. The molecule has 9 heteroatoms. The molecule has 1 aromatic rings. The number of carbonyl (C=O) groups excluding carboxylic acids is 2. The summed E-state index contributed by atoms with van der Waals surface area (Å²) in [5.74, 6) is 0.00348. The van der Waals surface area contributed by atoms with E-state index >= 15 is 0 Å². The number of hydrogen-bond acceptors (Lipinski definition) is 5. The summed E-state index contributed by atoms with van der Waals surface area (Å²) < 4.78 is 0. The van der Waals surface area contributed by atoms with Crippen LogP contribution in [0.4, 0.5) is 16.2 Å². The number of nitrogens with one attached hydrogen (secondary N) is 1. The number of rotatable bonds is 7. The molecular weight excluding hydrogens is 386 g/mol. The van der Waals surface area contributed by atoms with E-state index in [9.17, 15) is 19.7 Å². The van der Waals surface area contributed by atoms with E-state index in [1.807, 2.05) is 12.1 Å². The number of unbranched alkanes of at least 4 members (excludes halogenated alkanes) is 1. The van der Waals surface area contributed by atoms with Gasteiger partial charge in [-0.05, 0) is 44.2 Å². The molecule has 9 nitrogen and oxygen atoms in total. The first-order valence-corrected chi connectivity index (χ1v) is 11.0. The van der Waals surface area contributed by atoms with E-state index in [1.165, 1.54) is 9.80 Å². The third-order valence-electron chi connectivity index (χ3n) is 6.59. The molecule has 1 atom stereocenters. The summed E-state index contributed by atoms with van der Waals surface area (Å²) in [6.07, 6.45) is 4.69. The molecule has 3 heterocycles. The Morgan fingerprint density at radius 2 is 1.77 bits per heavy atom. The van der Waals surface area contributed by atoms with Crippen LogP contribution in [-0.4, -0.2) is 78.5 Å². The topological polar surface area (TPSA) is 91.4 Å².